The number of halogens is 5. The third kappa shape index (κ3) is 21.2. The highest BCUT2D eigenvalue weighted by Gasteiger charge is 2.49. The number of aromatic nitrogens is 1. The Hall–Kier alpha value is -6.79. The van der Waals surface area contributed by atoms with Crippen molar-refractivity contribution in [3.05, 3.63) is 143 Å². The molecule has 5 N–H and O–H groups in total. The van der Waals surface area contributed by atoms with E-state index in [2.05, 4.69) is 61.0 Å². The fourth-order valence-corrected chi connectivity index (χ4v) is 17.4. The molecule has 0 radical (unpaired) electrons. The first-order valence-electron chi connectivity index (χ1n) is 34.9. The number of β-amino-alcohol motifs (C(OH)–C–C–N with tert-alkyl or cyclic N) is 1. The predicted molar refractivity (Wildman–Crippen MR) is 391 cm³/mol. The van der Waals surface area contributed by atoms with Crippen LogP contribution in [0.2, 0.25) is 0 Å². The van der Waals surface area contributed by atoms with Crippen LogP contribution in [0.4, 0.5) is 33.3 Å². The number of aliphatic hydroxyl groups is 1. The van der Waals surface area contributed by atoms with Crippen LogP contribution < -0.4 is 25.6 Å². The fourth-order valence-electron chi connectivity index (χ4n) is 13.5. The molecule has 3 aliphatic heterocycles. The molecule has 5 atom stereocenters. The Kier molecular flexibility index (Phi) is 26.8. The summed E-state index contributed by atoms with van der Waals surface area (Å²) < 4.78 is 126. The quantitative estimate of drug-likeness (QED) is 0.0163. The number of aliphatic hydroxyl groups excluding tert-OH is 1. The number of carbonyl (C=O) groups is 4. The first kappa shape index (κ1) is 79.3. The molecule has 1 aromatic heterocycles. The summed E-state index contributed by atoms with van der Waals surface area (Å²) in [5, 5.41) is 19.8. The molecule has 102 heavy (non-hydrogen) atoms. The summed E-state index contributed by atoms with van der Waals surface area (Å²) in [6.45, 7) is 25.0. The number of anilines is 2. The van der Waals surface area contributed by atoms with E-state index in [4.69, 9.17) is 0 Å². The zero-order valence-corrected chi connectivity index (χ0v) is 62.4. The highest BCUT2D eigenvalue weighted by Crippen LogP contribution is 2.43. The van der Waals surface area contributed by atoms with E-state index < -0.39 is 101 Å². The predicted octanol–water partition coefficient (Wildman–Crippen LogP) is 11.9. The summed E-state index contributed by atoms with van der Waals surface area (Å²) >= 11 is 2.96. The van der Waals surface area contributed by atoms with Crippen LogP contribution in [0.3, 0.4) is 0 Å². The molecular formula is C74H97F5N10O9S4. The normalized spacial score (nSPS) is 19.2. The van der Waals surface area contributed by atoms with Crippen molar-refractivity contribution in [2.24, 2.45) is 10.8 Å². The molecule has 5 aromatic rings. The second-order valence-electron chi connectivity index (χ2n) is 29.1. The van der Waals surface area contributed by atoms with Crippen LogP contribution in [0.1, 0.15) is 133 Å². The topological polar surface area (TPSA) is 234 Å². The highest BCUT2D eigenvalue weighted by atomic mass is 32.2. The molecule has 0 bridgehead atoms. The number of hydrogen-bond acceptors (Lipinski definition) is 17. The maximum atomic E-state index is 14.6. The molecule has 1 aliphatic carbocycles. The van der Waals surface area contributed by atoms with E-state index in [-0.39, 0.29) is 54.9 Å². The zero-order chi connectivity index (χ0) is 73.9. The van der Waals surface area contributed by atoms with Crippen LogP contribution in [-0.4, -0.2) is 191 Å². The van der Waals surface area contributed by atoms with Crippen LogP contribution >= 0.6 is 23.1 Å². The van der Waals surface area contributed by atoms with Gasteiger partial charge in [0.1, 0.15) is 17.0 Å². The maximum Gasteiger partial charge on any atom is 0.501 e. The van der Waals surface area contributed by atoms with Gasteiger partial charge in [0.05, 0.1) is 38.8 Å². The number of nitrogens with one attached hydrogen (secondary N) is 4. The van der Waals surface area contributed by atoms with Gasteiger partial charge in [-0.3, -0.25) is 24.1 Å². The number of amides is 4. The zero-order valence-electron chi connectivity index (χ0n) is 59.2. The maximum absolute atomic E-state index is 14.6. The Labute approximate surface area is 605 Å². The lowest BCUT2D eigenvalue weighted by atomic mass is 9.72. The van der Waals surface area contributed by atoms with E-state index in [1.54, 1.807) is 29.0 Å². The number of piperazine rings is 2. The molecule has 0 spiro atoms. The van der Waals surface area contributed by atoms with Gasteiger partial charge in [0.25, 0.3) is 25.8 Å². The van der Waals surface area contributed by atoms with Gasteiger partial charge in [-0.05, 0) is 147 Å². The van der Waals surface area contributed by atoms with Gasteiger partial charge in [0.15, 0.2) is 0 Å². The van der Waals surface area contributed by atoms with Crippen molar-refractivity contribution in [1.29, 1.82) is 0 Å². The Morgan fingerprint density at radius 1 is 0.814 bits per heavy atom. The van der Waals surface area contributed by atoms with Gasteiger partial charge in [0, 0.05) is 119 Å². The minimum Gasteiger partial charge on any atom is -0.391 e. The molecule has 4 amide bonds. The van der Waals surface area contributed by atoms with Crippen molar-refractivity contribution >= 4 is 78.0 Å². The smallest absolute Gasteiger partial charge is 0.391 e. The first-order valence-corrected chi connectivity index (χ1v) is 39.7. The van der Waals surface area contributed by atoms with Crippen molar-refractivity contribution in [3.8, 4) is 10.4 Å². The largest absolute Gasteiger partial charge is 0.501 e. The van der Waals surface area contributed by atoms with Gasteiger partial charge in [-0.2, -0.15) is 13.2 Å². The van der Waals surface area contributed by atoms with Crippen LogP contribution in [0, 0.1) is 17.8 Å². The van der Waals surface area contributed by atoms with E-state index in [1.807, 2.05) is 93.9 Å². The molecule has 556 valence electrons. The Balaban J connectivity index is 0.758. The number of nitrogens with zero attached hydrogens (tertiary/aromatic N) is 6. The summed E-state index contributed by atoms with van der Waals surface area (Å²) in [5.74, 6) is -1.97. The van der Waals surface area contributed by atoms with Crippen LogP contribution in [0.5, 0.6) is 0 Å². The lowest BCUT2D eigenvalue weighted by Crippen LogP contribution is -2.57. The molecule has 3 saturated heterocycles. The highest BCUT2D eigenvalue weighted by molar-refractivity contribution is 7.99. The van der Waals surface area contributed by atoms with E-state index in [0.29, 0.717) is 97.3 Å². The number of thioether (sulfide) groups is 1. The summed E-state index contributed by atoms with van der Waals surface area (Å²) in [6.07, 6.45) is 1.11. The average molecular weight is 1490 g/mol. The minimum atomic E-state index is -6.18. The number of carbonyl (C=O) groups excluding carboxylic acids is 4. The van der Waals surface area contributed by atoms with E-state index in [1.165, 1.54) is 34.4 Å². The number of sulfone groups is 1. The number of sulfonamides is 1. The summed E-state index contributed by atoms with van der Waals surface area (Å²) in [6, 6.07) is 22.7. The van der Waals surface area contributed by atoms with Gasteiger partial charge in [-0.25, -0.2) is 35.3 Å². The number of thiazole rings is 1. The second-order valence-corrected chi connectivity index (χ2v) is 34.6. The molecule has 19 nitrogen and oxygen atoms in total. The monoisotopic (exact) mass is 1490 g/mol. The number of hydrogen-bond donors (Lipinski definition) is 5. The van der Waals surface area contributed by atoms with Crippen molar-refractivity contribution in [1.82, 2.24) is 39.9 Å². The third-order valence-electron chi connectivity index (χ3n) is 19.6. The molecule has 0 saturated carbocycles. The Bertz CT molecular complexity index is 3990. The van der Waals surface area contributed by atoms with Gasteiger partial charge < -0.3 is 40.7 Å². The van der Waals surface area contributed by atoms with Gasteiger partial charge >= 0.3 is 5.51 Å². The molecule has 9 rings (SSSR count). The van der Waals surface area contributed by atoms with Crippen LogP contribution in [0.25, 0.3) is 10.4 Å². The third-order valence-corrected chi connectivity index (χ3v) is 24.7. The van der Waals surface area contributed by atoms with Gasteiger partial charge in [0.2, 0.25) is 24.1 Å². The number of benzene rings is 4. The summed E-state index contributed by atoms with van der Waals surface area (Å²) in [7, 11) is -11.1. The van der Waals surface area contributed by atoms with E-state index in [0.717, 1.165) is 74.8 Å². The van der Waals surface area contributed by atoms with E-state index >= 15 is 0 Å². The lowest BCUT2D eigenvalue weighted by molar-refractivity contribution is -0.144. The van der Waals surface area contributed by atoms with Crippen molar-refractivity contribution in [2.75, 3.05) is 94.5 Å². The number of aryl methyl sites for hydroxylation is 1. The van der Waals surface area contributed by atoms with Crippen LogP contribution in [-0.2, 0) is 34.2 Å². The number of unbranched alkanes of at least 4 members (excludes halogenated alkanes) is 1. The number of likely N-dealkylation sites (tertiary alicyclic amines) is 1. The molecule has 4 heterocycles. The molecule has 4 aromatic carbocycles. The molecular weight excluding hydrogens is 1400 g/mol. The summed E-state index contributed by atoms with van der Waals surface area (Å²) in [4.78, 5) is 69.7. The van der Waals surface area contributed by atoms with Gasteiger partial charge in [-0.1, -0.05) is 94.8 Å². The Morgan fingerprint density at radius 2 is 1.47 bits per heavy atom. The standard InChI is InChI=1S/C74H97F5N10O9S4/c1-49(17-28-65(75)76)61-44-73(7,8)31-29-55(61)45-87-38-40-88(41-39-87)57-24-22-54(23-25-57)69(92)84-102(97,98)60-26-27-62(64(43-60)101(95,96)74(77,78)79)82-56(47-99-59-14-10-9-11-15-59)30-33-86-36-34-85(35-37-86)32-13-12-16-66(91)83-68(72(4,5)6)71(94)89-46-58(90)42-63(89)70(93)81-50(2)52-18-20-53(21-19-52)67-51(3)80-48-100-67/h9-11,14-15,18-27,43,48,50,56,58,63,65,68,82,90H,1,12-13,16-17,28-42,44-47H2,2-8H3,(H,81,93)(H,83,91)(H,84,92)/t50-,56+,58+,63-,68+/m0/s1. The second kappa shape index (κ2) is 34.4. The number of alkyl halides is 5. The van der Waals surface area contributed by atoms with Crippen molar-refractivity contribution in [3.63, 3.8) is 0 Å². The fraction of sp³-hybridized carbons (Fsp3) is 0.527. The first-order chi connectivity index (χ1) is 48.1. The average Bonchev–Trinajstić information content (AvgIpc) is 0.964. The summed E-state index contributed by atoms with van der Waals surface area (Å²) in [5.41, 5.74) is 1.45. The van der Waals surface area contributed by atoms with Gasteiger partial charge in [-0.15, -0.1) is 23.1 Å². The van der Waals surface area contributed by atoms with E-state index in [9.17, 15) is 63.1 Å². The number of allylic oxidation sites excluding steroid dienone is 2. The number of rotatable bonds is 30. The Morgan fingerprint density at radius 3 is 2.10 bits per heavy atom. The molecule has 3 fully saturated rings. The SMILES string of the molecule is C=C(CCC(F)F)C1=C(CN2CCN(c3ccc(C(=O)NS(=O)(=O)c4ccc(N[C@H](CCN5CCN(CCCCC(=O)N[C@H](C(=O)N6C[C@H](O)C[C@H]6C(=O)N[C@@H](C)c6ccc(-c7scnc7C)cc6)C(C)(C)C)CC5)CSc5ccccc5)c(S(=O)(=O)C(F)(F)F)c4)cc3)CC2)CCC(C)(C)C1. The van der Waals surface area contributed by atoms with Crippen molar-refractivity contribution in [2.45, 2.75) is 170 Å². The molecule has 28 heteroatoms. The molecule has 4 aliphatic rings. The van der Waals surface area contributed by atoms with Crippen molar-refractivity contribution < 1.29 is 63.1 Å². The minimum absolute atomic E-state index is 0.0457. The lowest BCUT2D eigenvalue weighted by Gasteiger charge is -2.39. The molecule has 0 unspecified atom stereocenters. The van der Waals surface area contributed by atoms with Crippen LogP contribution in [0.15, 0.2) is 141 Å².